The number of carbonyl (C=O) groups excluding carboxylic acids is 4. The van der Waals surface area contributed by atoms with Crippen molar-refractivity contribution >= 4 is 59.0 Å². The van der Waals surface area contributed by atoms with E-state index in [9.17, 15) is 32.3 Å². The second-order valence-corrected chi connectivity index (χ2v) is 9.18. The fourth-order valence-electron chi connectivity index (χ4n) is 3.52. The van der Waals surface area contributed by atoms with E-state index in [-0.39, 0.29) is 28.8 Å². The minimum atomic E-state index is -5.40. The lowest BCUT2D eigenvalue weighted by molar-refractivity contribution is -0.202. The zero-order valence-electron chi connectivity index (χ0n) is 20.4. The Bertz CT molecular complexity index is 1290. The number of ether oxygens (including phenoxy) is 2. The van der Waals surface area contributed by atoms with Gasteiger partial charge in [0, 0.05) is 22.5 Å². The van der Waals surface area contributed by atoms with Gasteiger partial charge in [-0.25, -0.2) is 14.6 Å². The lowest BCUT2D eigenvalue weighted by Crippen LogP contribution is -2.42. The molecule has 1 aliphatic rings. The Labute approximate surface area is 235 Å². The van der Waals surface area contributed by atoms with Gasteiger partial charge in [0.25, 0.3) is 0 Å². The molecule has 0 saturated heterocycles. The molecule has 1 aromatic heterocycles. The van der Waals surface area contributed by atoms with E-state index in [1.54, 1.807) is 24.4 Å². The van der Waals surface area contributed by atoms with Gasteiger partial charge in [0.2, 0.25) is 5.91 Å². The molecule has 0 aliphatic carbocycles. The van der Waals surface area contributed by atoms with Crippen molar-refractivity contribution in [2.24, 2.45) is 4.99 Å². The van der Waals surface area contributed by atoms with Crippen molar-refractivity contribution < 1.29 is 41.8 Å². The van der Waals surface area contributed by atoms with Crippen LogP contribution in [0, 0.1) is 0 Å². The van der Waals surface area contributed by atoms with Gasteiger partial charge in [0.15, 0.2) is 5.54 Å². The molecule has 0 radical (unpaired) electrons. The molecule has 0 bridgehead atoms. The minimum Gasteiger partial charge on any atom is -0.462 e. The molecule has 2 aromatic rings. The van der Waals surface area contributed by atoms with Crippen LogP contribution in [-0.4, -0.2) is 59.9 Å². The van der Waals surface area contributed by atoms with Crippen molar-refractivity contribution in [3.05, 3.63) is 70.4 Å². The van der Waals surface area contributed by atoms with Crippen LogP contribution in [0.4, 0.5) is 19.0 Å². The van der Waals surface area contributed by atoms with Crippen LogP contribution in [0.1, 0.15) is 24.4 Å². The molecule has 2 heterocycles. The Kier molecular flexibility index (Phi) is 10.2. The monoisotopic (exact) mass is 600 g/mol. The Morgan fingerprint density at radius 1 is 1.07 bits per heavy atom. The van der Waals surface area contributed by atoms with Crippen LogP contribution in [0.25, 0.3) is 0 Å². The Hall–Kier alpha value is -3.97. The number of aromatic nitrogens is 1. The number of pyridine rings is 1. The average molecular weight is 601 g/mol. The number of nitrogens with one attached hydrogen (secondary N) is 2. The highest BCUT2D eigenvalue weighted by atomic mass is 35.5. The smallest absolute Gasteiger partial charge is 0.462 e. The molecule has 2 unspecified atom stereocenters. The number of halogens is 5. The van der Waals surface area contributed by atoms with Crippen molar-refractivity contribution in [3.8, 4) is 0 Å². The highest BCUT2D eigenvalue weighted by Gasteiger charge is 2.43. The summed E-state index contributed by atoms with van der Waals surface area (Å²) in [7, 11) is 0. The van der Waals surface area contributed by atoms with Crippen LogP contribution < -0.4 is 10.6 Å². The predicted octanol–water partition coefficient (Wildman–Crippen LogP) is 3.99. The predicted molar refractivity (Wildman–Crippen MR) is 138 cm³/mol. The van der Waals surface area contributed by atoms with E-state index in [2.05, 4.69) is 25.3 Å². The van der Waals surface area contributed by atoms with Gasteiger partial charge in [-0.1, -0.05) is 29.3 Å². The second kappa shape index (κ2) is 13.4. The fraction of sp³-hybridized carbons (Fsp3) is 0.280. The van der Waals surface area contributed by atoms with Crippen molar-refractivity contribution in [1.82, 2.24) is 10.3 Å². The first-order chi connectivity index (χ1) is 18.9. The van der Waals surface area contributed by atoms with Crippen LogP contribution in [0.3, 0.4) is 0 Å². The summed E-state index contributed by atoms with van der Waals surface area (Å²) in [5.41, 5.74) is -1.59. The Balaban J connectivity index is 1.68. The molecule has 40 heavy (non-hydrogen) atoms. The first kappa shape index (κ1) is 30.6. The van der Waals surface area contributed by atoms with Gasteiger partial charge in [-0.3, -0.25) is 14.6 Å². The maximum Gasteiger partial charge on any atom is 0.491 e. The van der Waals surface area contributed by atoms with E-state index in [1.165, 1.54) is 36.6 Å². The minimum absolute atomic E-state index is 0.0785. The summed E-state index contributed by atoms with van der Waals surface area (Å²) in [6.07, 6.45) is -1.20. The highest BCUT2D eigenvalue weighted by molar-refractivity contribution is 6.34. The van der Waals surface area contributed by atoms with Crippen molar-refractivity contribution in [2.75, 3.05) is 18.5 Å². The van der Waals surface area contributed by atoms with Crippen LogP contribution >= 0.6 is 23.2 Å². The highest BCUT2D eigenvalue weighted by Crippen LogP contribution is 2.28. The van der Waals surface area contributed by atoms with E-state index < -0.39 is 54.4 Å². The summed E-state index contributed by atoms with van der Waals surface area (Å²) < 4.78 is 46.7. The number of amides is 1. The molecule has 3 rings (SSSR count). The normalized spacial score (nSPS) is 16.7. The van der Waals surface area contributed by atoms with Crippen molar-refractivity contribution in [3.63, 3.8) is 0 Å². The number of aliphatic imine (C=N–C) groups is 1. The zero-order valence-corrected chi connectivity index (χ0v) is 21.9. The van der Waals surface area contributed by atoms with Gasteiger partial charge >= 0.3 is 24.1 Å². The quantitative estimate of drug-likeness (QED) is 0.224. The number of benzene rings is 1. The number of rotatable bonds is 11. The van der Waals surface area contributed by atoms with E-state index in [4.69, 9.17) is 27.9 Å². The largest absolute Gasteiger partial charge is 0.491 e. The van der Waals surface area contributed by atoms with Gasteiger partial charge in [-0.05, 0) is 48.0 Å². The van der Waals surface area contributed by atoms with Gasteiger partial charge < -0.3 is 20.1 Å². The molecule has 2 atom stereocenters. The average Bonchev–Trinajstić information content (AvgIpc) is 3.35. The van der Waals surface area contributed by atoms with Gasteiger partial charge in [-0.15, -0.1) is 0 Å². The molecule has 1 amide bonds. The molecular formula is C25H21Cl2F3N4O6. The van der Waals surface area contributed by atoms with E-state index >= 15 is 0 Å². The second-order valence-electron chi connectivity index (χ2n) is 8.30. The van der Waals surface area contributed by atoms with Gasteiger partial charge in [0.1, 0.15) is 12.4 Å². The topological polar surface area (TPSA) is 136 Å². The summed E-state index contributed by atoms with van der Waals surface area (Å²) >= 11 is 12.0. The number of alkyl halides is 3. The summed E-state index contributed by atoms with van der Waals surface area (Å²) in [5.74, 6) is -5.39. The summed E-state index contributed by atoms with van der Waals surface area (Å²) in [6.45, 7) is 0.139. The number of nitrogens with zero attached hydrogens (tertiary/aromatic N) is 2. The number of hydrogen-bond acceptors (Lipinski definition) is 9. The van der Waals surface area contributed by atoms with E-state index in [0.717, 1.165) is 0 Å². The molecule has 1 aromatic carbocycles. The number of allylic oxidation sites excluding steroid dienone is 1. The fourth-order valence-corrected chi connectivity index (χ4v) is 4.07. The maximum absolute atomic E-state index is 13.0. The molecule has 1 aliphatic heterocycles. The third-order valence-corrected chi connectivity index (χ3v) is 5.72. The van der Waals surface area contributed by atoms with Crippen LogP contribution in [-0.2, 0) is 28.7 Å². The first-order valence-corrected chi connectivity index (χ1v) is 12.3. The molecular weight excluding hydrogens is 580 g/mol. The van der Waals surface area contributed by atoms with Crippen LogP contribution in [0.5, 0.6) is 0 Å². The standard InChI is InChI=1S/C25H21Cl2F3N4O6/c26-16-10-15(11-17(27)12-16)18(13-21(36)40-23(38)25(28,29)30)34-20(35)14-24(5-3-7-33-24)22(37)39-9-8-32-19-4-1-2-6-31-19/h1-7,10-12,18H,8-9,13-14H2,(H,31,32)(H,34,35). The van der Waals surface area contributed by atoms with Crippen molar-refractivity contribution in [2.45, 2.75) is 30.6 Å². The lowest BCUT2D eigenvalue weighted by Gasteiger charge is -2.24. The van der Waals surface area contributed by atoms with Gasteiger partial charge in [-0.2, -0.15) is 13.2 Å². The molecule has 0 saturated carbocycles. The number of anilines is 1. The third kappa shape index (κ3) is 8.78. The SMILES string of the molecule is O=C(CC1(C(=O)OCCNc2ccccn2)C=CC=N1)NC(CC(=O)OC(=O)C(F)(F)F)c1cc(Cl)cc(Cl)c1. The Morgan fingerprint density at radius 2 is 1.80 bits per heavy atom. The number of carbonyl (C=O) groups is 4. The molecule has 212 valence electrons. The molecule has 0 fully saturated rings. The molecule has 10 nitrogen and oxygen atoms in total. The number of hydrogen-bond donors (Lipinski definition) is 2. The summed E-state index contributed by atoms with van der Waals surface area (Å²) in [6, 6.07) is 7.86. The van der Waals surface area contributed by atoms with E-state index in [0.29, 0.717) is 5.82 Å². The summed E-state index contributed by atoms with van der Waals surface area (Å²) in [4.78, 5) is 57.3. The first-order valence-electron chi connectivity index (χ1n) is 11.5. The van der Waals surface area contributed by atoms with Crippen molar-refractivity contribution in [1.29, 1.82) is 0 Å². The third-order valence-electron chi connectivity index (χ3n) is 5.28. The summed E-state index contributed by atoms with van der Waals surface area (Å²) in [5, 5.41) is 5.60. The Morgan fingerprint density at radius 3 is 2.40 bits per heavy atom. The lowest BCUT2D eigenvalue weighted by atomic mass is 9.95. The number of esters is 3. The molecule has 2 N–H and O–H groups in total. The van der Waals surface area contributed by atoms with Gasteiger partial charge in [0.05, 0.1) is 25.4 Å². The maximum atomic E-state index is 13.0. The van der Waals surface area contributed by atoms with Crippen LogP contribution in [0.2, 0.25) is 10.0 Å². The molecule has 15 heteroatoms. The van der Waals surface area contributed by atoms with Crippen LogP contribution in [0.15, 0.2) is 59.7 Å². The molecule has 0 spiro atoms. The zero-order chi connectivity index (χ0) is 29.3. The van der Waals surface area contributed by atoms with E-state index in [1.807, 2.05) is 0 Å².